The Balaban J connectivity index is 0.000000202. The van der Waals surface area contributed by atoms with Gasteiger partial charge in [0.1, 0.15) is 11.5 Å². The molecule has 14 nitrogen and oxygen atoms in total. The average Bonchev–Trinajstić information content (AvgIpc) is 3.20. The van der Waals surface area contributed by atoms with Gasteiger partial charge in [-0.15, -0.1) is 0 Å². The highest BCUT2D eigenvalue weighted by Crippen LogP contribution is 2.29. The number of anilines is 3. The van der Waals surface area contributed by atoms with E-state index in [0.717, 1.165) is 45.3 Å². The topological polar surface area (TPSA) is 200 Å². The zero-order chi connectivity index (χ0) is 39.8. The van der Waals surface area contributed by atoms with Crippen molar-refractivity contribution in [3.8, 4) is 34.0 Å². The third kappa shape index (κ3) is 13.3. The number of nitrogens with zero attached hydrogens (tertiary/aromatic N) is 4. The summed E-state index contributed by atoms with van der Waals surface area (Å²) in [5.74, 6) is 1.87. The summed E-state index contributed by atoms with van der Waals surface area (Å²) < 4.78 is 60.6. The van der Waals surface area contributed by atoms with Crippen molar-refractivity contribution >= 4 is 49.0 Å². The number of hydrogen-bond acceptors (Lipinski definition) is 12. The smallest absolute Gasteiger partial charge is 0.227 e. The number of hydrogen-bond donors (Lipinski definition) is 4. The molecule has 288 valence electrons. The van der Waals surface area contributed by atoms with Gasteiger partial charge in [0.15, 0.2) is 0 Å². The maximum absolute atomic E-state index is 11.6. The summed E-state index contributed by atoms with van der Waals surface area (Å²) in [7, 11) is -0.428. The van der Waals surface area contributed by atoms with Crippen LogP contribution in [0.4, 0.5) is 17.3 Å². The van der Waals surface area contributed by atoms with E-state index < -0.39 is 20.0 Å². The molecule has 0 atom stereocenters. The lowest BCUT2D eigenvalue weighted by Crippen LogP contribution is -2.20. The maximum atomic E-state index is 11.6. The fourth-order valence-electron chi connectivity index (χ4n) is 4.78. The van der Waals surface area contributed by atoms with Crippen molar-refractivity contribution in [3.63, 3.8) is 0 Å². The standard InChI is InChI=1S/C19H20N4O3S.C11H9ClN2O.C8H12N2O2S/c1-20-27(24,25)13-14-7-9-15(10-8-14)22-19-21-12-11-17(23-19)16-5-3-4-6-18(16)26-2;1-15-10-5-3-2-4-8(10)9-6-7-13-11(12)14-9;1-10-13(11,12)6-7-2-4-8(9)5-3-7/h3-12,20H,13H2,1-2H3,(H,21,22,23);2-7H,1H3;2-5,10H,6,9H2,1H3. The van der Waals surface area contributed by atoms with E-state index in [4.69, 9.17) is 26.8 Å². The van der Waals surface area contributed by atoms with E-state index >= 15 is 0 Å². The summed E-state index contributed by atoms with van der Waals surface area (Å²) in [6.07, 6.45) is 3.29. The van der Waals surface area contributed by atoms with Crippen LogP contribution < -0.4 is 30.0 Å². The van der Waals surface area contributed by atoms with E-state index in [1.807, 2.05) is 54.6 Å². The fourth-order valence-corrected chi connectivity index (χ4v) is 6.48. The minimum atomic E-state index is -3.29. The van der Waals surface area contributed by atoms with Gasteiger partial charge < -0.3 is 20.5 Å². The number of nitrogens with one attached hydrogen (secondary N) is 3. The number of nitrogens with two attached hydrogens (primary N) is 1. The number of sulfonamides is 2. The number of nitrogen functional groups attached to an aromatic ring is 1. The molecule has 6 rings (SSSR count). The predicted molar refractivity (Wildman–Crippen MR) is 217 cm³/mol. The number of para-hydroxylation sites is 2. The van der Waals surface area contributed by atoms with Crippen molar-refractivity contribution in [2.75, 3.05) is 39.4 Å². The molecule has 55 heavy (non-hydrogen) atoms. The number of benzene rings is 4. The summed E-state index contributed by atoms with van der Waals surface area (Å²) in [6.45, 7) is 0. The Labute approximate surface area is 326 Å². The fraction of sp³-hybridized carbons (Fsp3) is 0.158. The second-order valence-electron chi connectivity index (χ2n) is 11.4. The predicted octanol–water partition coefficient (Wildman–Crippen LogP) is 6.07. The lowest BCUT2D eigenvalue weighted by molar-refractivity contribution is 0.416. The molecule has 0 aliphatic heterocycles. The maximum Gasteiger partial charge on any atom is 0.227 e. The third-order valence-corrected chi connectivity index (χ3v) is 10.4. The molecule has 2 aromatic heterocycles. The summed E-state index contributed by atoms with van der Waals surface area (Å²) in [4.78, 5) is 16.7. The van der Waals surface area contributed by atoms with Gasteiger partial charge >= 0.3 is 0 Å². The highest BCUT2D eigenvalue weighted by Gasteiger charge is 2.11. The van der Waals surface area contributed by atoms with E-state index in [1.54, 1.807) is 81.2 Å². The monoisotopic (exact) mass is 804 g/mol. The van der Waals surface area contributed by atoms with Crippen LogP contribution in [0.25, 0.3) is 22.5 Å². The van der Waals surface area contributed by atoms with Crippen LogP contribution in [0, 0.1) is 0 Å². The number of halogens is 1. The van der Waals surface area contributed by atoms with Crippen LogP contribution in [-0.2, 0) is 31.6 Å². The van der Waals surface area contributed by atoms with Crippen LogP contribution in [0.1, 0.15) is 11.1 Å². The van der Waals surface area contributed by atoms with E-state index in [2.05, 4.69) is 34.7 Å². The molecule has 0 amide bonds. The molecule has 0 spiro atoms. The first-order chi connectivity index (χ1) is 26.3. The number of rotatable bonds is 12. The molecule has 0 bridgehead atoms. The summed E-state index contributed by atoms with van der Waals surface area (Å²) in [5.41, 5.74) is 11.5. The molecular formula is C38H41ClN8O6S2. The molecule has 0 aliphatic rings. The zero-order valence-electron chi connectivity index (χ0n) is 30.5. The molecule has 0 aliphatic carbocycles. The van der Waals surface area contributed by atoms with Crippen LogP contribution in [0.5, 0.6) is 11.5 Å². The van der Waals surface area contributed by atoms with Crippen LogP contribution in [0.3, 0.4) is 0 Å². The first-order valence-corrected chi connectivity index (χ1v) is 20.1. The Morgan fingerprint density at radius 3 is 1.55 bits per heavy atom. The van der Waals surface area contributed by atoms with E-state index in [0.29, 0.717) is 17.2 Å². The molecule has 17 heteroatoms. The Kier molecular flexibility index (Phi) is 15.4. The first kappa shape index (κ1) is 42.1. The Morgan fingerprint density at radius 1 is 0.618 bits per heavy atom. The molecule has 4 aromatic carbocycles. The average molecular weight is 805 g/mol. The van der Waals surface area contributed by atoms with Crippen molar-refractivity contribution in [1.82, 2.24) is 29.4 Å². The number of methoxy groups -OCH3 is 2. The van der Waals surface area contributed by atoms with E-state index in [1.165, 1.54) is 14.1 Å². The molecule has 0 fully saturated rings. The lowest BCUT2D eigenvalue weighted by Gasteiger charge is -2.10. The molecule has 0 unspecified atom stereocenters. The second-order valence-corrected chi connectivity index (χ2v) is 15.6. The molecule has 2 heterocycles. The molecular weight excluding hydrogens is 764 g/mol. The second kappa shape index (κ2) is 20.1. The number of aromatic nitrogens is 4. The zero-order valence-corrected chi connectivity index (χ0v) is 32.9. The minimum absolute atomic E-state index is 0.0101. The van der Waals surface area contributed by atoms with Crippen molar-refractivity contribution < 1.29 is 26.3 Å². The van der Waals surface area contributed by atoms with Gasteiger partial charge in [-0.05, 0) is 97.5 Å². The van der Waals surface area contributed by atoms with Crippen molar-refractivity contribution in [1.29, 1.82) is 0 Å². The van der Waals surface area contributed by atoms with Crippen molar-refractivity contribution in [2.45, 2.75) is 11.5 Å². The third-order valence-electron chi connectivity index (χ3n) is 7.57. The molecule has 0 saturated carbocycles. The minimum Gasteiger partial charge on any atom is -0.496 e. The highest BCUT2D eigenvalue weighted by atomic mass is 35.5. The highest BCUT2D eigenvalue weighted by molar-refractivity contribution is 7.88. The van der Waals surface area contributed by atoms with Gasteiger partial charge in [-0.25, -0.2) is 46.2 Å². The largest absolute Gasteiger partial charge is 0.496 e. The Morgan fingerprint density at radius 2 is 1.07 bits per heavy atom. The summed E-state index contributed by atoms with van der Waals surface area (Å²) in [6, 6.07) is 32.7. The molecule has 0 saturated heterocycles. The van der Waals surface area contributed by atoms with Gasteiger partial charge in [0.25, 0.3) is 0 Å². The normalized spacial score (nSPS) is 10.9. The summed E-state index contributed by atoms with van der Waals surface area (Å²) in [5, 5.41) is 3.36. The first-order valence-electron chi connectivity index (χ1n) is 16.5. The Bertz CT molecular complexity index is 2370. The molecule has 6 aromatic rings. The SMILES string of the molecule is CNS(=O)(=O)Cc1ccc(N)cc1.CNS(=O)(=O)Cc1ccc(Nc2nccc(-c3ccccc3OC)n2)cc1.COc1ccccc1-c1ccnc(Cl)n1. The van der Waals surface area contributed by atoms with Crippen LogP contribution >= 0.6 is 11.6 Å². The van der Waals surface area contributed by atoms with E-state index in [9.17, 15) is 16.8 Å². The quantitative estimate of drug-likeness (QED) is 0.0824. The lowest BCUT2D eigenvalue weighted by atomic mass is 10.1. The summed E-state index contributed by atoms with van der Waals surface area (Å²) >= 11 is 5.73. The van der Waals surface area contributed by atoms with Gasteiger partial charge in [0.2, 0.25) is 31.3 Å². The van der Waals surface area contributed by atoms with E-state index in [-0.39, 0.29) is 16.8 Å². The van der Waals surface area contributed by atoms with Gasteiger partial charge in [0, 0.05) is 34.9 Å². The van der Waals surface area contributed by atoms with Crippen LogP contribution in [-0.4, -0.2) is 65.1 Å². The Hall–Kier alpha value is -5.65. The van der Waals surface area contributed by atoms with Crippen LogP contribution in [0.2, 0.25) is 5.28 Å². The number of ether oxygens (including phenoxy) is 2. The molecule has 0 radical (unpaired) electrons. The van der Waals surface area contributed by atoms with Gasteiger partial charge in [0.05, 0.1) is 37.1 Å². The van der Waals surface area contributed by atoms with Gasteiger partial charge in [-0.1, -0.05) is 48.5 Å². The van der Waals surface area contributed by atoms with Gasteiger partial charge in [-0.3, -0.25) is 0 Å². The van der Waals surface area contributed by atoms with Crippen molar-refractivity contribution in [3.05, 3.63) is 138 Å². The van der Waals surface area contributed by atoms with Crippen molar-refractivity contribution in [2.24, 2.45) is 0 Å². The van der Waals surface area contributed by atoms with Crippen LogP contribution in [0.15, 0.2) is 122 Å². The van der Waals surface area contributed by atoms with Gasteiger partial charge in [-0.2, -0.15) is 0 Å². The molecule has 5 N–H and O–H groups in total.